The molecule has 1 aliphatic rings. The number of hydrogen-bond acceptors (Lipinski definition) is 3. The molecule has 0 unspecified atom stereocenters. The lowest BCUT2D eigenvalue weighted by atomic mass is 10.1. The van der Waals surface area contributed by atoms with Crippen molar-refractivity contribution < 1.29 is 13.6 Å². The second-order valence-electron chi connectivity index (χ2n) is 4.41. The van der Waals surface area contributed by atoms with Gasteiger partial charge in [0, 0.05) is 31.0 Å². The van der Waals surface area contributed by atoms with Gasteiger partial charge in [0.1, 0.15) is 29.4 Å². The predicted octanol–water partition coefficient (Wildman–Crippen LogP) is 1.99. The van der Waals surface area contributed by atoms with Crippen LogP contribution in [0.1, 0.15) is 16.2 Å². The SMILES string of the molecule is O=Cc1cc(F)c(N2CCn3ccnc3C2)c(F)c1. The number of imidazole rings is 1. The number of aldehydes is 1. The highest BCUT2D eigenvalue weighted by molar-refractivity contribution is 5.76. The minimum Gasteiger partial charge on any atom is -0.358 e. The molecule has 2 heterocycles. The number of aromatic nitrogens is 2. The van der Waals surface area contributed by atoms with Gasteiger partial charge in [-0.1, -0.05) is 0 Å². The number of rotatable bonds is 2. The summed E-state index contributed by atoms with van der Waals surface area (Å²) < 4.78 is 29.8. The first-order chi connectivity index (χ1) is 9.19. The largest absolute Gasteiger partial charge is 0.358 e. The molecule has 98 valence electrons. The van der Waals surface area contributed by atoms with Gasteiger partial charge >= 0.3 is 0 Å². The van der Waals surface area contributed by atoms with E-state index < -0.39 is 11.6 Å². The van der Waals surface area contributed by atoms with Crippen molar-refractivity contribution in [3.63, 3.8) is 0 Å². The number of nitrogens with zero attached hydrogens (tertiary/aromatic N) is 3. The predicted molar refractivity (Wildman–Crippen MR) is 65.0 cm³/mol. The third-order valence-corrected chi connectivity index (χ3v) is 3.24. The van der Waals surface area contributed by atoms with Crippen LogP contribution >= 0.6 is 0 Å². The van der Waals surface area contributed by atoms with Gasteiger partial charge in [-0.05, 0) is 12.1 Å². The van der Waals surface area contributed by atoms with Crippen LogP contribution in [0.4, 0.5) is 14.5 Å². The molecule has 3 rings (SSSR count). The van der Waals surface area contributed by atoms with Gasteiger partial charge in [0.05, 0.1) is 6.54 Å². The zero-order valence-electron chi connectivity index (χ0n) is 10.0. The van der Waals surface area contributed by atoms with Gasteiger partial charge in [0.15, 0.2) is 0 Å². The van der Waals surface area contributed by atoms with E-state index in [1.807, 2.05) is 10.8 Å². The van der Waals surface area contributed by atoms with Crippen LogP contribution in [-0.2, 0) is 13.1 Å². The smallest absolute Gasteiger partial charge is 0.150 e. The molecule has 0 radical (unpaired) electrons. The Morgan fingerprint density at radius 3 is 2.63 bits per heavy atom. The van der Waals surface area contributed by atoms with Gasteiger partial charge < -0.3 is 9.47 Å². The highest BCUT2D eigenvalue weighted by Gasteiger charge is 2.23. The van der Waals surface area contributed by atoms with E-state index in [4.69, 9.17) is 0 Å². The number of halogens is 2. The molecule has 6 heteroatoms. The van der Waals surface area contributed by atoms with Crippen LogP contribution in [-0.4, -0.2) is 22.4 Å². The van der Waals surface area contributed by atoms with Crippen LogP contribution in [0.2, 0.25) is 0 Å². The van der Waals surface area contributed by atoms with Crippen LogP contribution in [0, 0.1) is 11.6 Å². The summed E-state index contributed by atoms with van der Waals surface area (Å²) in [7, 11) is 0. The maximum absolute atomic E-state index is 13.9. The number of anilines is 1. The fourth-order valence-corrected chi connectivity index (χ4v) is 2.32. The molecule has 0 atom stereocenters. The molecule has 0 spiro atoms. The molecular weight excluding hydrogens is 252 g/mol. The Labute approximate surface area is 108 Å². The number of carbonyl (C=O) groups is 1. The van der Waals surface area contributed by atoms with Gasteiger partial charge in [-0.2, -0.15) is 0 Å². The van der Waals surface area contributed by atoms with Crippen molar-refractivity contribution in [3.8, 4) is 0 Å². The number of benzene rings is 1. The van der Waals surface area contributed by atoms with E-state index in [0.29, 0.717) is 25.9 Å². The van der Waals surface area contributed by atoms with Gasteiger partial charge in [-0.15, -0.1) is 0 Å². The van der Waals surface area contributed by atoms with E-state index in [-0.39, 0.29) is 11.3 Å². The summed E-state index contributed by atoms with van der Waals surface area (Å²) >= 11 is 0. The fourth-order valence-electron chi connectivity index (χ4n) is 2.32. The Balaban J connectivity index is 1.98. The summed E-state index contributed by atoms with van der Waals surface area (Å²) in [6.07, 6.45) is 3.94. The van der Waals surface area contributed by atoms with Gasteiger partial charge in [-0.25, -0.2) is 13.8 Å². The summed E-state index contributed by atoms with van der Waals surface area (Å²) in [5.74, 6) is -0.672. The molecule has 0 N–H and O–H groups in total. The average Bonchev–Trinajstić information content (AvgIpc) is 2.85. The molecule has 4 nitrogen and oxygen atoms in total. The van der Waals surface area contributed by atoms with Crippen molar-refractivity contribution in [3.05, 3.63) is 47.5 Å². The number of carbonyl (C=O) groups excluding carboxylic acids is 1. The van der Waals surface area contributed by atoms with E-state index in [2.05, 4.69) is 4.98 Å². The zero-order valence-corrected chi connectivity index (χ0v) is 10.0. The molecule has 0 bridgehead atoms. The second-order valence-corrected chi connectivity index (χ2v) is 4.41. The van der Waals surface area contributed by atoms with Gasteiger partial charge in [0.2, 0.25) is 0 Å². The third-order valence-electron chi connectivity index (χ3n) is 3.24. The van der Waals surface area contributed by atoms with E-state index >= 15 is 0 Å². The molecule has 0 saturated heterocycles. The minimum atomic E-state index is -0.720. The van der Waals surface area contributed by atoms with Crippen LogP contribution in [0.5, 0.6) is 0 Å². The maximum atomic E-state index is 13.9. The molecule has 0 amide bonds. The lowest BCUT2D eigenvalue weighted by Gasteiger charge is -2.30. The maximum Gasteiger partial charge on any atom is 0.150 e. The van der Waals surface area contributed by atoms with Crippen LogP contribution in [0.25, 0.3) is 0 Å². The Morgan fingerprint density at radius 1 is 1.21 bits per heavy atom. The lowest BCUT2D eigenvalue weighted by Crippen LogP contribution is -2.34. The molecule has 2 aromatic rings. The highest BCUT2D eigenvalue weighted by Crippen LogP contribution is 2.27. The first kappa shape index (κ1) is 11.8. The third kappa shape index (κ3) is 1.99. The molecule has 0 aliphatic carbocycles. The zero-order chi connectivity index (χ0) is 13.4. The lowest BCUT2D eigenvalue weighted by molar-refractivity contribution is 0.112. The van der Waals surface area contributed by atoms with E-state index in [1.54, 1.807) is 11.1 Å². The Bertz CT molecular complexity index is 616. The van der Waals surface area contributed by atoms with Gasteiger partial charge in [-0.3, -0.25) is 4.79 Å². The average molecular weight is 263 g/mol. The first-order valence-electron chi connectivity index (χ1n) is 5.88. The van der Waals surface area contributed by atoms with Crippen molar-refractivity contribution in [2.75, 3.05) is 11.4 Å². The topological polar surface area (TPSA) is 38.1 Å². The highest BCUT2D eigenvalue weighted by atomic mass is 19.1. The molecular formula is C13H11F2N3O. The number of fused-ring (bicyclic) bond motifs is 1. The summed E-state index contributed by atoms with van der Waals surface area (Å²) in [4.78, 5) is 16.3. The van der Waals surface area contributed by atoms with E-state index in [0.717, 1.165) is 18.0 Å². The fraction of sp³-hybridized carbons (Fsp3) is 0.231. The molecule has 1 aromatic carbocycles. The summed E-state index contributed by atoms with van der Waals surface area (Å²) in [5.41, 5.74) is -0.0999. The quantitative estimate of drug-likeness (QED) is 0.778. The van der Waals surface area contributed by atoms with Gasteiger partial charge in [0.25, 0.3) is 0 Å². The second kappa shape index (κ2) is 4.46. The van der Waals surface area contributed by atoms with E-state index in [9.17, 15) is 13.6 Å². The normalized spacial score (nSPS) is 14.3. The molecule has 1 aliphatic heterocycles. The van der Waals surface area contributed by atoms with E-state index in [1.165, 1.54) is 0 Å². The molecule has 0 fully saturated rings. The van der Waals surface area contributed by atoms with Crippen LogP contribution < -0.4 is 4.90 Å². The van der Waals surface area contributed by atoms with Crippen molar-refractivity contribution in [2.24, 2.45) is 0 Å². The standard InChI is InChI=1S/C13H11F2N3O/c14-10-5-9(8-19)6-11(15)13(10)18-4-3-17-2-1-16-12(17)7-18/h1-2,5-6,8H,3-4,7H2. The van der Waals surface area contributed by atoms with Crippen molar-refractivity contribution in [1.29, 1.82) is 0 Å². The Hall–Kier alpha value is -2.24. The summed E-state index contributed by atoms with van der Waals surface area (Å²) in [6, 6.07) is 2.10. The Kier molecular flexibility index (Phi) is 2.77. The van der Waals surface area contributed by atoms with Crippen LogP contribution in [0.3, 0.4) is 0 Å². The molecule has 1 aromatic heterocycles. The first-order valence-corrected chi connectivity index (χ1v) is 5.88. The van der Waals surface area contributed by atoms with Crippen molar-refractivity contribution in [1.82, 2.24) is 9.55 Å². The van der Waals surface area contributed by atoms with Crippen LogP contribution in [0.15, 0.2) is 24.5 Å². The minimum absolute atomic E-state index is 0.00254. The number of hydrogen-bond donors (Lipinski definition) is 0. The Morgan fingerprint density at radius 2 is 1.95 bits per heavy atom. The summed E-state index contributed by atoms with van der Waals surface area (Å²) in [5, 5.41) is 0. The van der Waals surface area contributed by atoms with Crippen molar-refractivity contribution >= 4 is 12.0 Å². The molecule has 19 heavy (non-hydrogen) atoms. The monoisotopic (exact) mass is 263 g/mol. The van der Waals surface area contributed by atoms with Crippen molar-refractivity contribution in [2.45, 2.75) is 13.1 Å². The summed E-state index contributed by atoms with van der Waals surface area (Å²) in [6.45, 7) is 1.47. The molecule has 0 saturated carbocycles.